The number of nitrogens with zero attached hydrogens (tertiary/aromatic N) is 1. The highest BCUT2D eigenvalue weighted by Gasteiger charge is 2.36. The summed E-state index contributed by atoms with van der Waals surface area (Å²) in [6, 6.07) is 0.340. The lowest BCUT2D eigenvalue weighted by atomic mass is 10.4. The van der Waals surface area contributed by atoms with Crippen LogP contribution in [0.25, 0.3) is 0 Å². The molecule has 0 spiro atoms. The highest BCUT2D eigenvalue weighted by Crippen LogP contribution is 2.35. The van der Waals surface area contributed by atoms with E-state index in [4.69, 9.17) is 5.73 Å². The van der Waals surface area contributed by atoms with E-state index < -0.39 is 0 Å². The smallest absolute Gasteiger partial charge is 0.0339 e. The van der Waals surface area contributed by atoms with E-state index in [2.05, 4.69) is 13.1 Å². The molecule has 0 radical (unpaired) electrons. The van der Waals surface area contributed by atoms with Crippen LogP contribution in [0, 0.1) is 5.92 Å². The molecule has 2 heteroatoms. The molecule has 0 aromatic heterocycles. The maximum atomic E-state index is 5.66. The zero-order valence-electron chi connectivity index (χ0n) is 6.26. The van der Waals surface area contributed by atoms with E-state index in [1.165, 1.54) is 5.57 Å². The normalized spacial score (nSPS) is 37.1. The van der Waals surface area contributed by atoms with Crippen LogP contribution in [-0.2, 0) is 0 Å². The molecule has 1 aliphatic rings. The highest BCUT2D eigenvalue weighted by molar-refractivity contribution is 5.31. The van der Waals surface area contributed by atoms with Gasteiger partial charge in [0.15, 0.2) is 0 Å². The van der Waals surface area contributed by atoms with E-state index in [-0.39, 0.29) is 0 Å². The van der Waals surface area contributed by atoms with Crippen molar-refractivity contribution in [2.75, 3.05) is 14.1 Å². The average Bonchev–Trinajstić information content (AvgIpc) is 2.22. The topological polar surface area (TPSA) is 29.3 Å². The number of rotatable bonds is 1. The van der Waals surface area contributed by atoms with E-state index in [0.29, 0.717) is 12.0 Å². The SMILES string of the molecule is CC1/C(=C\N(C)C)[C@@H]1N. The largest absolute Gasteiger partial charge is 0.383 e. The summed E-state index contributed by atoms with van der Waals surface area (Å²) in [5.41, 5.74) is 7.04. The fourth-order valence-corrected chi connectivity index (χ4v) is 0.950. The maximum absolute atomic E-state index is 5.66. The molecular weight excluding hydrogens is 112 g/mol. The summed E-state index contributed by atoms with van der Waals surface area (Å²) in [5.74, 6) is 0.618. The molecule has 9 heavy (non-hydrogen) atoms. The molecule has 0 amide bonds. The second kappa shape index (κ2) is 2.03. The first-order valence-electron chi connectivity index (χ1n) is 3.26. The first kappa shape index (κ1) is 6.62. The van der Waals surface area contributed by atoms with Crippen molar-refractivity contribution in [3.63, 3.8) is 0 Å². The van der Waals surface area contributed by atoms with Gasteiger partial charge in [0.25, 0.3) is 0 Å². The van der Waals surface area contributed by atoms with Crippen LogP contribution in [0.1, 0.15) is 6.92 Å². The van der Waals surface area contributed by atoms with Gasteiger partial charge in [-0.05, 0) is 17.7 Å². The molecule has 0 heterocycles. The van der Waals surface area contributed by atoms with Gasteiger partial charge in [-0.1, -0.05) is 6.92 Å². The Hall–Kier alpha value is -0.500. The zero-order valence-corrected chi connectivity index (χ0v) is 6.26. The molecule has 52 valence electrons. The fraction of sp³-hybridized carbons (Fsp3) is 0.714. The first-order chi connectivity index (χ1) is 4.13. The van der Waals surface area contributed by atoms with Crippen LogP contribution in [0.3, 0.4) is 0 Å². The van der Waals surface area contributed by atoms with Gasteiger partial charge < -0.3 is 10.6 Å². The second-order valence-electron chi connectivity index (χ2n) is 2.91. The van der Waals surface area contributed by atoms with Crippen molar-refractivity contribution in [1.29, 1.82) is 0 Å². The van der Waals surface area contributed by atoms with Gasteiger partial charge in [-0.25, -0.2) is 0 Å². The maximum Gasteiger partial charge on any atom is 0.0339 e. The monoisotopic (exact) mass is 126 g/mol. The van der Waals surface area contributed by atoms with E-state index in [0.717, 1.165) is 0 Å². The minimum Gasteiger partial charge on any atom is -0.383 e. The van der Waals surface area contributed by atoms with Crippen LogP contribution in [0.2, 0.25) is 0 Å². The van der Waals surface area contributed by atoms with E-state index in [1.807, 2.05) is 19.0 Å². The molecule has 2 nitrogen and oxygen atoms in total. The number of hydrogen-bond acceptors (Lipinski definition) is 2. The fourth-order valence-electron chi connectivity index (χ4n) is 0.950. The minimum absolute atomic E-state index is 0.340. The van der Waals surface area contributed by atoms with Crippen LogP contribution in [0.4, 0.5) is 0 Å². The van der Waals surface area contributed by atoms with Crippen LogP contribution in [0.5, 0.6) is 0 Å². The summed E-state index contributed by atoms with van der Waals surface area (Å²) in [7, 11) is 4.04. The predicted molar refractivity (Wildman–Crippen MR) is 38.9 cm³/mol. The lowest BCUT2D eigenvalue weighted by Gasteiger charge is -2.01. The van der Waals surface area contributed by atoms with Crippen LogP contribution < -0.4 is 5.73 Å². The van der Waals surface area contributed by atoms with E-state index >= 15 is 0 Å². The molecule has 1 saturated carbocycles. The number of nitrogens with two attached hydrogens (primary N) is 1. The van der Waals surface area contributed by atoms with Crippen molar-refractivity contribution in [2.45, 2.75) is 13.0 Å². The van der Waals surface area contributed by atoms with Gasteiger partial charge in [-0.2, -0.15) is 0 Å². The molecule has 1 aliphatic carbocycles. The Morgan fingerprint density at radius 3 is 2.11 bits per heavy atom. The number of hydrogen-bond donors (Lipinski definition) is 1. The Morgan fingerprint density at radius 2 is 2.00 bits per heavy atom. The first-order valence-corrected chi connectivity index (χ1v) is 3.26. The van der Waals surface area contributed by atoms with Crippen molar-refractivity contribution < 1.29 is 0 Å². The molecule has 0 aromatic carbocycles. The Balaban J connectivity index is 2.47. The summed E-state index contributed by atoms with van der Waals surface area (Å²) in [6.07, 6.45) is 2.11. The summed E-state index contributed by atoms with van der Waals surface area (Å²) in [5, 5.41) is 0. The van der Waals surface area contributed by atoms with Crippen LogP contribution in [0.15, 0.2) is 11.8 Å². The third kappa shape index (κ3) is 1.24. The van der Waals surface area contributed by atoms with Gasteiger partial charge in [0, 0.05) is 20.1 Å². The molecule has 1 rings (SSSR count). The van der Waals surface area contributed by atoms with E-state index in [1.54, 1.807) is 0 Å². The molecule has 1 fully saturated rings. The summed E-state index contributed by atoms with van der Waals surface area (Å²) >= 11 is 0. The molecule has 2 N–H and O–H groups in total. The van der Waals surface area contributed by atoms with Gasteiger partial charge in [-0.15, -0.1) is 0 Å². The Morgan fingerprint density at radius 1 is 1.56 bits per heavy atom. The summed E-state index contributed by atoms with van der Waals surface area (Å²) < 4.78 is 0. The molecule has 0 saturated heterocycles. The third-order valence-corrected chi connectivity index (χ3v) is 1.75. The Labute approximate surface area is 56.3 Å². The summed E-state index contributed by atoms with van der Waals surface area (Å²) in [6.45, 7) is 2.15. The Kier molecular flexibility index (Phi) is 1.49. The van der Waals surface area contributed by atoms with Crippen molar-refractivity contribution in [3.05, 3.63) is 11.8 Å². The lowest BCUT2D eigenvalue weighted by molar-refractivity contribution is 0.560. The van der Waals surface area contributed by atoms with Crippen molar-refractivity contribution in [3.8, 4) is 0 Å². The highest BCUT2D eigenvalue weighted by atomic mass is 15.0. The second-order valence-corrected chi connectivity index (χ2v) is 2.91. The van der Waals surface area contributed by atoms with Crippen molar-refractivity contribution in [2.24, 2.45) is 11.7 Å². The van der Waals surface area contributed by atoms with Crippen LogP contribution >= 0.6 is 0 Å². The molecule has 0 aliphatic heterocycles. The van der Waals surface area contributed by atoms with Crippen molar-refractivity contribution in [1.82, 2.24) is 4.90 Å². The van der Waals surface area contributed by atoms with Gasteiger partial charge in [0.2, 0.25) is 0 Å². The standard InChI is InChI=1S/C7H14N2/c1-5-6(7(5)8)4-9(2)3/h4-5,7H,8H2,1-3H3/b6-4+/t5?,7-/m1/s1. The van der Waals surface area contributed by atoms with Gasteiger partial charge in [-0.3, -0.25) is 0 Å². The average molecular weight is 126 g/mol. The molecular formula is C7H14N2. The van der Waals surface area contributed by atoms with E-state index in [9.17, 15) is 0 Å². The Bertz CT molecular complexity index is 128. The van der Waals surface area contributed by atoms with Gasteiger partial charge in [0.05, 0.1) is 0 Å². The summed E-state index contributed by atoms with van der Waals surface area (Å²) in [4.78, 5) is 2.04. The van der Waals surface area contributed by atoms with Crippen LogP contribution in [-0.4, -0.2) is 25.0 Å². The lowest BCUT2D eigenvalue weighted by Crippen LogP contribution is -2.03. The zero-order chi connectivity index (χ0) is 7.02. The predicted octanol–water partition coefficient (Wildman–Crippen LogP) is 0.409. The van der Waals surface area contributed by atoms with Gasteiger partial charge in [0.1, 0.15) is 0 Å². The third-order valence-electron chi connectivity index (χ3n) is 1.75. The molecule has 2 atom stereocenters. The quantitative estimate of drug-likeness (QED) is 0.551. The molecule has 0 aromatic rings. The van der Waals surface area contributed by atoms with Gasteiger partial charge >= 0.3 is 0 Å². The minimum atomic E-state index is 0.340. The van der Waals surface area contributed by atoms with Crippen molar-refractivity contribution >= 4 is 0 Å². The molecule has 1 unspecified atom stereocenters. The molecule has 0 bridgehead atoms.